The third-order valence-corrected chi connectivity index (χ3v) is 7.54. The lowest BCUT2D eigenvalue weighted by Gasteiger charge is -2.10. The number of rotatable bonds is 3. The van der Waals surface area contributed by atoms with Gasteiger partial charge in [0.1, 0.15) is 0 Å². The highest BCUT2D eigenvalue weighted by molar-refractivity contribution is 6.19. The standard InChI is InChI=1S/C35H23N3/c1-4-12-24(13-5-1)31-21-30-29-20-28-27-18-10-11-19-32(27)37(25-14-6-2-7-15-25)33(28)22-34(29)38(35(30)23-36-31)26-16-8-3-9-17-26/h1-23H. The zero-order valence-corrected chi connectivity index (χ0v) is 20.6. The molecule has 3 aromatic heterocycles. The summed E-state index contributed by atoms with van der Waals surface area (Å²) in [5.41, 5.74) is 9.08. The van der Waals surface area contributed by atoms with E-state index in [4.69, 9.17) is 4.98 Å². The fourth-order valence-electron chi connectivity index (χ4n) is 5.85. The lowest BCUT2D eigenvalue weighted by atomic mass is 10.1. The van der Waals surface area contributed by atoms with Crippen molar-refractivity contribution in [2.45, 2.75) is 0 Å². The molecule has 0 bridgehead atoms. The maximum absolute atomic E-state index is 4.90. The van der Waals surface area contributed by atoms with E-state index in [1.807, 2.05) is 12.3 Å². The van der Waals surface area contributed by atoms with Gasteiger partial charge in [-0.3, -0.25) is 4.98 Å². The summed E-state index contributed by atoms with van der Waals surface area (Å²) in [7, 11) is 0. The number of benzene rings is 5. The van der Waals surface area contributed by atoms with Gasteiger partial charge in [-0.2, -0.15) is 0 Å². The van der Waals surface area contributed by atoms with Gasteiger partial charge in [-0.25, -0.2) is 0 Å². The van der Waals surface area contributed by atoms with Crippen LogP contribution in [0.2, 0.25) is 0 Å². The first-order valence-corrected chi connectivity index (χ1v) is 12.9. The summed E-state index contributed by atoms with van der Waals surface area (Å²) in [6, 6.07) is 47.3. The van der Waals surface area contributed by atoms with E-state index >= 15 is 0 Å². The van der Waals surface area contributed by atoms with Gasteiger partial charge in [-0.15, -0.1) is 0 Å². The minimum atomic E-state index is 0.983. The second kappa shape index (κ2) is 8.19. The van der Waals surface area contributed by atoms with Crippen molar-refractivity contribution in [3.05, 3.63) is 140 Å². The number of fused-ring (bicyclic) bond motifs is 6. The number of pyridine rings is 1. The van der Waals surface area contributed by atoms with Gasteiger partial charge in [0.25, 0.3) is 0 Å². The van der Waals surface area contributed by atoms with Gasteiger partial charge in [-0.05, 0) is 48.5 Å². The Hall–Kier alpha value is -5.15. The molecule has 38 heavy (non-hydrogen) atoms. The second-order valence-corrected chi connectivity index (χ2v) is 9.70. The lowest BCUT2D eigenvalue weighted by Crippen LogP contribution is -1.95. The van der Waals surface area contributed by atoms with E-state index in [0.717, 1.165) is 28.1 Å². The molecule has 0 amide bonds. The van der Waals surface area contributed by atoms with Crippen LogP contribution in [-0.2, 0) is 0 Å². The fourth-order valence-corrected chi connectivity index (χ4v) is 5.85. The Labute approximate surface area is 219 Å². The fraction of sp³-hybridized carbons (Fsp3) is 0. The zero-order valence-electron chi connectivity index (χ0n) is 20.6. The van der Waals surface area contributed by atoms with Crippen molar-refractivity contribution in [1.82, 2.24) is 14.1 Å². The molecule has 3 heterocycles. The van der Waals surface area contributed by atoms with Crippen molar-refractivity contribution in [3.63, 3.8) is 0 Å². The molecule has 3 nitrogen and oxygen atoms in total. The number of hydrogen-bond donors (Lipinski definition) is 0. The first kappa shape index (κ1) is 21.0. The largest absolute Gasteiger partial charge is 0.309 e. The molecule has 8 aromatic rings. The highest BCUT2D eigenvalue weighted by atomic mass is 15.0. The van der Waals surface area contributed by atoms with E-state index < -0.39 is 0 Å². The topological polar surface area (TPSA) is 22.8 Å². The zero-order chi connectivity index (χ0) is 25.1. The third-order valence-electron chi connectivity index (χ3n) is 7.54. The smallest absolute Gasteiger partial charge is 0.0724 e. The molecule has 8 rings (SSSR count). The summed E-state index contributed by atoms with van der Waals surface area (Å²) in [6.45, 7) is 0. The average Bonchev–Trinajstić information content (AvgIpc) is 3.49. The van der Waals surface area contributed by atoms with Gasteiger partial charge in [0.15, 0.2) is 0 Å². The van der Waals surface area contributed by atoms with E-state index in [-0.39, 0.29) is 0 Å². The average molecular weight is 486 g/mol. The lowest BCUT2D eigenvalue weighted by molar-refractivity contribution is 1.16. The predicted molar refractivity (Wildman–Crippen MR) is 158 cm³/mol. The maximum Gasteiger partial charge on any atom is 0.0724 e. The molecular weight excluding hydrogens is 462 g/mol. The van der Waals surface area contributed by atoms with Crippen LogP contribution >= 0.6 is 0 Å². The minimum Gasteiger partial charge on any atom is -0.309 e. The Kier molecular flexibility index (Phi) is 4.52. The van der Waals surface area contributed by atoms with Gasteiger partial charge >= 0.3 is 0 Å². The minimum absolute atomic E-state index is 0.983. The molecule has 0 unspecified atom stereocenters. The van der Waals surface area contributed by atoms with Crippen molar-refractivity contribution >= 4 is 43.6 Å². The van der Waals surface area contributed by atoms with E-state index in [0.29, 0.717) is 0 Å². The predicted octanol–water partition coefficient (Wildman–Crippen LogP) is 8.94. The van der Waals surface area contributed by atoms with Crippen molar-refractivity contribution in [1.29, 1.82) is 0 Å². The summed E-state index contributed by atoms with van der Waals surface area (Å²) in [5, 5.41) is 4.94. The molecule has 0 aliphatic heterocycles. The summed E-state index contributed by atoms with van der Waals surface area (Å²) < 4.78 is 4.73. The quantitative estimate of drug-likeness (QED) is 0.245. The van der Waals surface area contributed by atoms with Crippen LogP contribution in [0.3, 0.4) is 0 Å². The van der Waals surface area contributed by atoms with Crippen molar-refractivity contribution in [2.24, 2.45) is 0 Å². The van der Waals surface area contributed by atoms with Crippen LogP contribution in [0.4, 0.5) is 0 Å². The molecule has 0 N–H and O–H groups in total. The molecule has 3 heteroatoms. The molecule has 0 spiro atoms. The highest BCUT2D eigenvalue weighted by Crippen LogP contribution is 2.40. The van der Waals surface area contributed by atoms with Gasteiger partial charge in [0.2, 0.25) is 0 Å². The van der Waals surface area contributed by atoms with Crippen molar-refractivity contribution in [2.75, 3.05) is 0 Å². The molecule has 0 saturated carbocycles. The summed E-state index contributed by atoms with van der Waals surface area (Å²) in [6.07, 6.45) is 2.03. The van der Waals surface area contributed by atoms with E-state index in [1.165, 1.54) is 38.1 Å². The monoisotopic (exact) mass is 485 g/mol. The molecule has 0 aliphatic carbocycles. The van der Waals surface area contributed by atoms with Crippen LogP contribution in [-0.4, -0.2) is 14.1 Å². The van der Waals surface area contributed by atoms with Gasteiger partial charge in [-0.1, -0.05) is 84.9 Å². The van der Waals surface area contributed by atoms with E-state index in [2.05, 4.69) is 137 Å². The molecule has 0 atom stereocenters. The molecule has 0 fully saturated rings. The maximum atomic E-state index is 4.90. The summed E-state index contributed by atoms with van der Waals surface area (Å²) in [5.74, 6) is 0. The van der Waals surface area contributed by atoms with Crippen LogP contribution in [0.15, 0.2) is 140 Å². The van der Waals surface area contributed by atoms with Crippen LogP contribution < -0.4 is 0 Å². The Balaban J connectivity index is 1.54. The third kappa shape index (κ3) is 3.06. The van der Waals surface area contributed by atoms with Gasteiger partial charge in [0.05, 0.1) is 34.0 Å². The van der Waals surface area contributed by atoms with Gasteiger partial charge < -0.3 is 9.13 Å². The number of para-hydroxylation sites is 3. The first-order chi connectivity index (χ1) is 18.9. The van der Waals surface area contributed by atoms with E-state index in [1.54, 1.807) is 0 Å². The summed E-state index contributed by atoms with van der Waals surface area (Å²) >= 11 is 0. The Bertz CT molecular complexity index is 2100. The number of aromatic nitrogens is 3. The first-order valence-electron chi connectivity index (χ1n) is 12.9. The molecule has 0 radical (unpaired) electrons. The molecule has 5 aromatic carbocycles. The number of hydrogen-bond acceptors (Lipinski definition) is 1. The second-order valence-electron chi connectivity index (χ2n) is 9.70. The van der Waals surface area contributed by atoms with Crippen molar-refractivity contribution in [3.8, 4) is 22.6 Å². The van der Waals surface area contributed by atoms with E-state index in [9.17, 15) is 0 Å². The van der Waals surface area contributed by atoms with Crippen LogP contribution in [0.5, 0.6) is 0 Å². The normalized spacial score (nSPS) is 11.7. The van der Waals surface area contributed by atoms with Crippen LogP contribution in [0.1, 0.15) is 0 Å². The van der Waals surface area contributed by atoms with Crippen molar-refractivity contribution < 1.29 is 0 Å². The Morgan fingerprint density at radius 3 is 1.61 bits per heavy atom. The summed E-state index contributed by atoms with van der Waals surface area (Å²) in [4.78, 5) is 4.90. The Morgan fingerprint density at radius 1 is 0.395 bits per heavy atom. The molecule has 0 aliphatic rings. The van der Waals surface area contributed by atoms with Gasteiger partial charge in [0, 0.05) is 38.5 Å². The molecule has 0 saturated heterocycles. The Morgan fingerprint density at radius 2 is 0.921 bits per heavy atom. The van der Waals surface area contributed by atoms with Crippen LogP contribution in [0, 0.1) is 0 Å². The SMILES string of the molecule is c1ccc(-c2cc3c4cc5c6ccccc6n(-c6ccccc6)c5cc4n(-c4ccccc4)c3cn2)cc1. The number of nitrogens with zero attached hydrogens (tertiary/aromatic N) is 3. The molecule has 178 valence electrons. The molecular formula is C35H23N3. The highest BCUT2D eigenvalue weighted by Gasteiger charge is 2.19. The van der Waals surface area contributed by atoms with Crippen LogP contribution in [0.25, 0.3) is 66.2 Å².